The number of hydrogen-bond acceptors (Lipinski definition) is 6. The predicted octanol–water partition coefficient (Wildman–Crippen LogP) is 4.26. The zero-order chi connectivity index (χ0) is 19.9. The maximum atomic E-state index is 11.1. The monoisotopic (exact) mass is 377 g/mol. The van der Waals surface area contributed by atoms with Gasteiger partial charge in [-0.15, -0.1) is 0 Å². The van der Waals surface area contributed by atoms with Crippen LogP contribution in [0.1, 0.15) is 34.9 Å². The third-order valence-corrected chi connectivity index (χ3v) is 4.82. The molecular formula is C19H12ClN5O2. The number of anilines is 1. The van der Waals surface area contributed by atoms with Gasteiger partial charge in [-0.2, -0.15) is 10.5 Å². The fraction of sp³-hybridized carbons (Fsp3) is 0.105. The molecule has 0 unspecified atom stereocenters. The van der Waals surface area contributed by atoms with Gasteiger partial charge in [-0.05, 0) is 42.7 Å². The van der Waals surface area contributed by atoms with Gasteiger partial charge in [0.05, 0.1) is 21.8 Å². The second-order valence-electron chi connectivity index (χ2n) is 5.97. The zero-order valence-corrected chi connectivity index (χ0v) is 15.1. The van der Waals surface area contributed by atoms with Gasteiger partial charge >= 0.3 is 0 Å². The summed E-state index contributed by atoms with van der Waals surface area (Å²) in [6, 6.07) is 8.27. The SMILES string of the molecule is CC1=C(C#N)c2nc(N)c(C#N)c(C)c2/C1=C/c1cc([N+](=O)[O-])ccc1Cl. The number of hydrogen-bond donors (Lipinski definition) is 1. The summed E-state index contributed by atoms with van der Waals surface area (Å²) in [5, 5.41) is 30.3. The van der Waals surface area contributed by atoms with Crippen molar-refractivity contribution in [2.75, 3.05) is 5.73 Å². The van der Waals surface area contributed by atoms with Crippen LogP contribution in [0.3, 0.4) is 0 Å². The summed E-state index contributed by atoms with van der Waals surface area (Å²) < 4.78 is 0. The summed E-state index contributed by atoms with van der Waals surface area (Å²) in [5.74, 6) is 0.0592. The van der Waals surface area contributed by atoms with Crippen molar-refractivity contribution >= 4 is 40.3 Å². The van der Waals surface area contributed by atoms with Gasteiger partial charge < -0.3 is 5.73 Å². The van der Waals surface area contributed by atoms with E-state index in [1.165, 1.54) is 18.2 Å². The minimum atomic E-state index is -0.508. The molecule has 0 aliphatic heterocycles. The van der Waals surface area contributed by atoms with Crippen molar-refractivity contribution in [3.8, 4) is 12.1 Å². The smallest absolute Gasteiger partial charge is 0.270 e. The van der Waals surface area contributed by atoms with Crippen molar-refractivity contribution in [1.82, 2.24) is 4.98 Å². The van der Waals surface area contributed by atoms with E-state index in [1.54, 1.807) is 19.9 Å². The Balaban J connectivity index is 2.34. The number of benzene rings is 1. The molecule has 1 aliphatic carbocycles. The number of nitriles is 2. The van der Waals surface area contributed by atoms with Crippen LogP contribution in [0.2, 0.25) is 5.02 Å². The van der Waals surface area contributed by atoms with Crippen LogP contribution in [-0.2, 0) is 0 Å². The molecule has 0 radical (unpaired) electrons. The highest BCUT2D eigenvalue weighted by Crippen LogP contribution is 2.44. The Morgan fingerprint density at radius 3 is 2.59 bits per heavy atom. The van der Waals surface area contributed by atoms with Crippen LogP contribution >= 0.6 is 11.6 Å². The lowest BCUT2D eigenvalue weighted by Crippen LogP contribution is -2.03. The van der Waals surface area contributed by atoms with Gasteiger partial charge in [-0.3, -0.25) is 10.1 Å². The van der Waals surface area contributed by atoms with E-state index >= 15 is 0 Å². The third-order valence-electron chi connectivity index (χ3n) is 4.47. The number of nitrogens with zero attached hydrogens (tertiary/aromatic N) is 4. The normalized spacial score (nSPS) is 14.0. The van der Waals surface area contributed by atoms with Crippen molar-refractivity contribution in [2.24, 2.45) is 0 Å². The summed E-state index contributed by atoms with van der Waals surface area (Å²) in [5.41, 5.74) is 9.64. The number of halogens is 1. The Morgan fingerprint density at radius 2 is 2.00 bits per heavy atom. The Bertz CT molecular complexity index is 1170. The molecule has 0 saturated carbocycles. The number of non-ortho nitro benzene ring substituents is 1. The van der Waals surface area contributed by atoms with Gasteiger partial charge in [-0.1, -0.05) is 11.6 Å². The van der Waals surface area contributed by atoms with Crippen LogP contribution in [0.15, 0.2) is 23.8 Å². The van der Waals surface area contributed by atoms with Crippen LogP contribution in [0.25, 0.3) is 17.2 Å². The molecule has 1 aliphatic rings. The van der Waals surface area contributed by atoms with Crippen molar-refractivity contribution in [3.05, 3.63) is 66.9 Å². The van der Waals surface area contributed by atoms with E-state index in [1.807, 2.05) is 6.07 Å². The van der Waals surface area contributed by atoms with Crippen molar-refractivity contribution < 1.29 is 4.92 Å². The molecule has 3 rings (SSSR count). The largest absolute Gasteiger partial charge is 0.383 e. The van der Waals surface area contributed by atoms with Crippen LogP contribution in [0.5, 0.6) is 0 Å². The lowest BCUT2D eigenvalue weighted by molar-refractivity contribution is -0.384. The van der Waals surface area contributed by atoms with Crippen LogP contribution in [-0.4, -0.2) is 9.91 Å². The van der Waals surface area contributed by atoms with E-state index in [9.17, 15) is 20.6 Å². The van der Waals surface area contributed by atoms with Gasteiger partial charge in [0.2, 0.25) is 0 Å². The molecule has 0 bridgehead atoms. The third kappa shape index (κ3) is 2.80. The first-order valence-electron chi connectivity index (χ1n) is 7.78. The fourth-order valence-electron chi connectivity index (χ4n) is 3.11. The van der Waals surface area contributed by atoms with Crippen LogP contribution < -0.4 is 5.73 Å². The van der Waals surface area contributed by atoms with Gasteiger partial charge in [0.25, 0.3) is 5.69 Å². The highest BCUT2D eigenvalue weighted by molar-refractivity contribution is 6.32. The number of nitro benzene ring substituents is 1. The Hall–Kier alpha value is -3.68. The zero-order valence-electron chi connectivity index (χ0n) is 14.4. The molecule has 0 atom stereocenters. The lowest BCUT2D eigenvalue weighted by atomic mass is 9.95. The first-order chi connectivity index (χ1) is 12.8. The number of pyridine rings is 1. The minimum absolute atomic E-state index is 0.0592. The van der Waals surface area contributed by atoms with Crippen LogP contribution in [0, 0.1) is 39.7 Å². The molecule has 1 aromatic heterocycles. The van der Waals surface area contributed by atoms with E-state index in [0.717, 1.165) is 0 Å². The van der Waals surface area contributed by atoms with E-state index in [4.69, 9.17) is 17.3 Å². The van der Waals surface area contributed by atoms with Gasteiger partial charge in [0.1, 0.15) is 18.0 Å². The summed E-state index contributed by atoms with van der Waals surface area (Å²) >= 11 is 6.21. The topological polar surface area (TPSA) is 130 Å². The molecule has 1 heterocycles. The molecule has 0 saturated heterocycles. The quantitative estimate of drug-likeness (QED) is 0.614. The average Bonchev–Trinajstić information content (AvgIpc) is 2.88. The highest BCUT2D eigenvalue weighted by atomic mass is 35.5. The van der Waals surface area contributed by atoms with Gasteiger partial charge in [0, 0.05) is 28.3 Å². The predicted molar refractivity (Wildman–Crippen MR) is 102 cm³/mol. The standard InChI is InChI=1S/C19H12ClN5O2/c1-9-13(6-11-5-12(25(26)27)3-4-16(11)20)17-10(2)15(8-22)19(23)24-18(17)14(9)7-21/h3-6H,1-2H3,(H2,23,24)/b13-6+. The summed E-state index contributed by atoms with van der Waals surface area (Å²) in [6.45, 7) is 3.48. The van der Waals surface area contributed by atoms with Crippen molar-refractivity contribution in [3.63, 3.8) is 0 Å². The number of aromatic nitrogens is 1. The number of fused-ring (bicyclic) bond motifs is 1. The Morgan fingerprint density at radius 1 is 1.30 bits per heavy atom. The second-order valence-corrected chi connectivity index (χ2v) is 6.37. The van der Waals surface area contributed by atoms with E-state index in [-0.39, 0.29) is 17.1 Å². The molecule has 27 heavy (non-hydrogen) atoms. The highest BCUT2D eigenvalue weighted by Gasteiger charge is 2.29. The van der Waals surface area contributed by atoms with E-state index in [0.29, 0.717) is 44.1 Å². The first-order valence-corrected chi connectivity index (χ1v) is 8.15. The van der Waals surface area contributed by atoms with E-state index < -0.39 is 4.92 Å². The average molecular weight is 378 g/mol. The second kappa shape index (κ2) is 6.56. The van der Waals surface area contributed by atoms with Gasteiger partial charge in [0.15, 0.2) is 0 Å². The molecule has 2 N–H and O–H groups in total. The molecule has 7 nitrogen and oxygen atoms in total. The molecule has 0 spiro atoms. The molecule has 8 heteroatoms. The Kier molecular flexibility index (Phi) is 4.40. The summed E-state index contributed by atoms with van der Waals surface area (Å²) in [7, 11) is 0. The molecule has 0 fully saturated rings. The number of nitrogen functional groups attached to an aromatic ring is 1. The maximum absolute atomic E-state index is 11.1. The maximum Gasteiger partial charge on any atom is 0.270 e. The Labute approximate surface area is 159 Å². The number of allylic oxidation sites excluding steroid dienone is 3. The molecular weight excluding hydrogens is 366 g/mol. The molecule has 132 valence electrons. The van der Waals surface area contributed by atoms with Crippen molar-refractivity contribution in [1.29, 1.82) is 10.5 Å². The fourth-order valence-corrected chi connectivity index (χ4v) is 3.28. The van der Waals surface area contributed by atoms with E-state index in [2.05, 4.69) is 11.1 Å². The summed E-state index contributed by atoms with van der Waals surface area (Å²) in [4.78, 5) is 14.8. The van der Waals surface area contributed by atoms with Crippen molar-refractivity contribution in [2.45, 2.75) is 13.8 Å². The number of rotatable bonds is 2. The lowest BCUT2D eigenvalue weighted by Gasteiger charge is -2.11. The summed E-state index contributed by atoms with van der Waals surface area (Å²) in [6.07, 6.45) is 1.67. The number of nitro groups is 1. The first kappa shape index (κ1) is 18.1. The molecule has 0 amide bonds. The molecule has 1 aromatic carbocycles. The number of nitrogens with two attached hydrogens (primary N) is 1. The minimum Gasteiger partial charge on any atom is -0.383 e. The molecule has 2 aromatic rings. The van der Waals surface area contributed by atoms with Gasteiger partial charge in [-0.25, -0.2) is 4.98 Å². The van der Waals surface area contributed by atoms with Crippen LogP contribution in [0.4, 0.5) is 11.5 Å².